The van der Waals surface area contributed by atoms with Gasteiger partial charge in [-0.2, -0.15) is 0 Å². The minimum atomic E-state index is -3.06. The molecule has 0 saturated heterocycles. The van der Waals surface area contributed by atoms with Crippen LogP contribution >= 0.6 is 44.6 Å². The molecular weight excluding hydrogens is 690 g/mol. The van der Waals surface area contributed by atoms with Gasteiger partial charge in [0.1, 0.15) is 0 Å². The Morgan fingerprint density at radius 2 is 1.06 bits per heavy atom. The van der Waals surface area contributed by atoms with Crippen molar-refractivity contribution in [2.75, 3.05) is 13.7 Å². The molecule has 0 aliphatic heterocycles. The summed E-state index contributed by atoms with van der Waals surface area (Å²) in [5.41, 5.74) is 4.50. The average molecular weight is 716 g/mol. The van der Waals surface area contributed by atoms with Crippen molar-refractivity contribution < 1.29 is 21.4 Å². The molecule has 0 fully saturated rings. The molecule has 3 nitrogen and oxygen atoms in total. The second-order valence-electron chi connectivity index (χ2n) is 5.88. The van der Waals surface area contributed by atoms with Crippen LogP contribution in [0.3, 0.4) is 0 Å². The minimum absolute atomic E-state index is 0.271. The summed E-state index contributed by atoms with van der Waals surface area (Å²) in [6, 6.07) is 30.7. The van der Waals surface area contributed by atoms with Crippen LogP contribution in [0.25, 0.3) is 0 Å². The summed E-state index contributed by atoms with van der Waals surface area (Å²) in [4.78, 5) is 12.5. The Hall–Kier alpha value is -0.762. The number of hydrogen-bond acceptors (Lipinski definition) is 3. The molecule has 3 aromatic carbocycles. The Balaban J connectivity index is 0.000000646. The van der Waals surface area contributed by atoms with Gasteiger partial charge in [0, 0.05) is 5.80 Å². The van der Waals surface area contributed by atoms with Crippen molar-refractivity contribution in [3.8, 4) is 0 Å². The van der Waals surface area contributed by atoms with Crippen LogP contribution in [-0.2, 0) is 21.4 Å². The van der Waals surface area contributed by atoms with Gasteiger partial charge in [0.25, 0.3) is 0 Å². The molecule has 2 N–H and O–H groups in total. The van der Waals surface area contributed by atoms with Gasteiger partial charge in [0.15, 0.2) is 0 Å². The number of ether oxygens (including phenoxy) is 1. The third-order valence-electron chi connectivity index (χ3n) is 4.08. The fraction of sp³-hybridized carbons (Fsp3) is 0.130. The number of benzene rings is 3. The van der Waals surface area contributed by atoms with E-state index >= 15 is 0 Å². The molecule has 3 aromatic rings. The van der Waals surface area contributed by atoms with Gasteiger partial charge in [0.05, 0.1) is 6.61 Å². The molecule has 0 atom stereocenters. The second kappa shape index (κ2) is 15.2. The summed E-state index contributed by atoms with van der Waals surface area (Å²) in [6.45, 7) is -0.0371. The molecule has 0 aliphatic carbocycles. The second-order valence-corrected chi connectivity index (χ2v) is 28.8. The number of nitrogens with two attached hydrogens (primary N) is 1. The molecule has 0 heterocycles. The van der Waals surface area contributed by atoms with E-state index in [4.69, 9.17) is 42.4 Å². The van der Waals surface area contributed by atoms with Crippen molar-refractivity contribution in [3.63, 3.8) is 0 Å². The molecule has 0 unspecified atom stereocenters. The zero-order valence-corrected chi connectivity index (χ0v) is 23.8. The number of esters is 1. The van der Waals surface area contributed by atoms with Crippen molar-refractivity contribution in [2.24, 2.45) is 5.73 Å². The molecule has 0 spiro atoms. The Labute approximate surface area is 209 Å². The van der Waals surface area contributed by atoms with Gasteiger partial charge in [-0.3, -0.25) is 0 Å². The number of carbonyl (C=O) groups is 1. The van der Waals surface area contributed by atoms with Crippen molar-refractivity contribution in [1.29, 1.82) is 0 Å². The number of carbonyl (C=O) groups excluding carboxylic acids is 1. The summed E-state index contributed by atoms with van der Waals surface area (Å²) in [7, 11) is 21.5. The van der Waals surface area contributed by atoms with Crippen molar-refractivity contribution in [3.05, 3.63) is 91.0 Å². The van der Waals surface area contributed by atoms with E-state index in [-0.39, 0.29) is 5.97 Å². The SMILES string of the molecule is CCOC(=O)C=P(c1ccccc1)(c1ccccc1)c1ccccc1.CN.[Cl][Pt]([Cl])([Cl])[Cl]. The molecule has 32 heavy (non-hydrogen) atoms. The van der Waals surface area contributed by atoms with Crippen LogP contribution in [0, 0.1) is 0 Å². The Morgan fingerprint density at radius 3 is 1.31 bits per heavy atom. The molecule has 0 aromatic heterocycles. The van der Waals surface area contributed by atoms with E-state index in [0.29, 0.717) is 6.61 Å². The number of halogens is 4. The predicted molar refractivity (Wildman–Crippen MR) is 141 cm³/mol. The number of rotatable bonds is 5. The number of hydrogen-bond donors (Lipinski definition) is 1. The first-order valence-corrected chi connectivity index (χ1v) is 22.5. The van der Waals surface area contributed by atoms with Crippen LogP contribution in [0.1, 0.15) is 6.92 Å². The summed E-state index contributed by atoms with van der Waals surface area (Å²) >= 11 is -3.06. The molecule has 0 saturated carbocycles. The molecule has 9 heteroatoms. The first-order chi connectivity index (χ1) is 15.3. The van der Waals surface area contributed by atoms with Gasteiger partial charge in [-0.1, -0.05) is 91.0 Å². The molecule has 0 bridgehead atoms. The monoisotopic (exact) mass is 714 g/mol. The third kappa shape index (κ3) is 9.62. The molecule has 178 valence electrons. The summed E-state index contributed by atoms with van der Waals surface area (Å²) in [5, 5.41) is 3.42. The van der Waals surface area contributed by atoms with Crippen LogP contribution in [0.5, 0.6) is 0 Å². The predicted octanol–water partition coefficient (Wildman–Crippen LogP) is 5.68. The van der Waals surface area contributed by atoms with E-state index in [2.05, 4.69) is 42.1 Å². The molecular formula is C23H26Cl4NO2PPt. The van der Waals surface area contributed by atoms with Crippen LogP contribution in [-0.4, -0.2) is 25.4 Å². The topological polar surface area (TPSA) is 52.3 Å². The fourth-order valence-corrected chi connectivity index (χ4v) is 6.66. The average Bonchev–Trinajstić information content (AvgIpc) is 2.80. The van der Waals surface area contributed by atoms with Gasteiger partial charge in [-0.05, 0) is 36.8 Å². The summed E-state index contributed by atoms with van der Waals surface area (Å²) in [6.07, 6.45) is 0. The zero-order valence-electron chi connectivity index (χ0n) is 17.6. The Bertz CT molecular complexity index is 876. The molecule has 0 aliphatic rings. The van der Waals surface area contributed by atoms with Crippen molar-refractivity contribution in [2.45, 2.75) is 6.92 Å². The van der Waals surface area contributed by atoms with Crippen LogP contribution in [0.4, 0.5) is 0 Å². The summed E-state index contributed by atoms with van der Waals surface area (Å²) < 4.78 is 5.30. The van der Waals surface area contributed by atoms with Crippen molar-refractivity contribution in [1.82, 2.24) is 0 Å². The van der Waals surface area contributed by atoms with E-state index in [1.54, 1.807) is 5.80 Å². The van der Waals surface area contributed by atoms with Gasteiger partial charge < -0.3 is 10.5 Å². The maximum absolute atomic E-state index is 12.5. The first-order valence-electron chi connectivity index (χ1n) is 9.41. The van der Waals surface area contributed by atoms with Crippen LogP contribution in [0.15, 0.2) is 91.0 Å². The van der Waals surface area contributed by atoms with E-state index in [1.807, 2.05) is 61.5 Å². The van der Waals surface area contributed by atoms with Gasteiger partial charge in [0.2, 0.25) is 0 Å². The first kappa shape index (κ1) is 29.3. The normalized spacial score (nSPS) is 11.1. The van der Waals surface area contributed by atoms with Gasteiger partial charge >= 0.3 is 55.5 Å². The van der Waals surface area contributed by atoms with Gasteiger partial charge in [-0.25, -0.2) is 4.79 Å². The van der Waals surface area contributed by atoms with E-state index in [9.17, 15) is 4.79 Å². The van der Waals surface area contributed by atoms with Gasteiger partial charge in [-0.15, -0.1) is 0 Å². The maximum atomic E-state index is 12.5. The van der Waals surface area contributed by atoms with E-state index < -0.39 is 18.8 Å². The Morgan fingerprint density at radius 1 is 0.781 bits per heavy atom. The van der Waals surface area contributed by atoms with E-state index in [1.165, 1.54) is 7.05 Å². The van der Waals surface area contributed by atoms with E-state index in [0.717, 1.165) is 15.9 Å². The van der Waals surface area contributed by atoms with Crippen LogP contribution in [0.2, 0.25) is 0 Å². The van der Waals surface area contributed by atoms with Crippen molar-refractivity contribution >= 4 is 72.2 Å². The third-order valence-corrected chi connectivity index (χ3v) is 8.01. The fourth-order valence-electron chi connectivity index (χ4n) is 3.00. The molecule has 0 radical (unpaired) electrons. The summed E-state index contributed by atoms with van der Waals surface area (Å²) in [5.74, 6) is 1.53. The Kier molecular flexibility index (Phi) is 13.9. The molecule has 0 amide bonds. The van der Waals surface area contributed by atoms with Crippen LogP contribution < -0.4 is 21.6 Å². The zero-order chi connectivity index (χ0) is 24.0. The molecule has 3 rings (SSSR count). The quantitative estimate of drug-likeness (QED) is 0.274. The standard InChI is InChI=1S/C22H21O2P.CH5N.4ClH.Pt/c1-2-24-22(23)18-25(19-12-6-3-7-13-19,20-14-8-4-9-15-20)21-16-10-5-11-17-21;1-2;;;;;/h3-18H,2H2,1H3;2H2,1H3;4*1H;/q;;;;;;+4/p-4.